The van der Waals surface area contributed by atoms with Crippen LogP contribution in [0.3, 0.4) is 0 Å². The van der Waals surface area contributed by atoms with E-state index in [0.29, 0.717) is 0 Å². The number of anilines is 1. The highest BCUT2D eigenvalue weighted by atomic mass is 127. The molecule has 1 heterocycles. The fourth-order valence-electron chi connectivity index (χ4n) is 1.31. The van der Waals surface area contributed by atoms with Crippen LogP contribution < -0.4 is 11.1 Å². The van der Waals surface area contributed by atoms with E-state index in [0.717, 1.165) is 16.6 Å². The predicted octanol–water partition coefficient (Wildman–Crippen LogP) is 2.44. The van der Waals surface area contributed by atoms with Gasteiger partial charge in [-0.05, 0) is 18.3 Å². The number of nitrogens with one attached hydrogen (secondary N) is 2. The Bertz CT molecular complexity index is 452. The van der Waals surface area contributed by atoms with Gasteiger partial charge >= 0.3 is 0 Å². The number of hydrogen-bond donors (Lipinski definition) is 3. The quantitative estimate of drug-likeness (QED) is 0.559. The Morgan fingerprint density at radius 1 is 1.36 bits per heavy atom. The van der Waals surface area contributed by atoms with E-state index in [2.05, 4.69) is 10.3 Å². The maximum Gasteiger partial charge on any atom is 0.168 e. The van der Waals surface area contributed by atoms with Crippen molar-refractivity contribution in [1.29, 1.82) is 0 Å². The molecule has 0 saturated heterocycles. The van der Waals surface area contributed by atoms with Crippen LogP contribution in [0, 0.1) is 0 Å². The van der Waals surface area contributed by atoms with Crippen LogP contribution in [-0.4, -0.2) is 10.1 Å². The minimum atomic E-state index is 0. The van der Waals surface area contributed by atoms with Gasteiger partial charge in [0, 0.05) is 17.1 Å². The first-order chi connectivity index (χ1) is 6.27. The molecule has 0 bridgehead atoms. The van der Waals surface area contributed by atoms with E-state index in [4.69, 9.17) is 18.0 Å². The molecular formula is C9H10IN3S. The average molecular weight is 319 g/mol. The second kappa shape index (κ2) is 4.61. The number of aromatic nitrogens is 1. The molecule has 0 amide bonds. The van der Waals surface area contributed by atoms with Crippen LogP contribution in [0.25, 0.3) is 10.9 Å². The van der Waals surface area contributed by atoms with E-state index in [1.807, 2.05) is 30.5 Å². The van der Waals surface area contributed by atoms with E-state index in [9.17, 15) is 0 Å². The molecule has 3 nitrogen and oxygen atoms in total. The van der Waals surface area contributed by atoms with Crippen molar-refractivity contribution in [2.75, 3.05) is 5.32 Å². The third-order valence-corrected chi connectivity index (χ3v) is 1.95. The molecule has 0 saturated carbocycles. The van der Waals surface area contributed by atoms with E-state index >= 15 is 0 Å². The summed E-state index contributed by atoms with van der Waals surface area (Å²) in [6.45, 7) is 0. The summed E-state index contributed by atoms with van der Waals surface area (Å²) in [4.78, 5) is 3.12. The van der Waals surface area contributed by atoms with Gasteiger partial charge in [0.15, 0.2) is 5.11 Å². The standard InChI is InChI=1S/C9H9N3S.HI/c10-9(13)12-8-5-11-7-4-2-1-3-6(7)8;/h1-5,11H,(H3,10,12,13);1H. The van der Waals surface area contributed by atoms with Crippen molar-refractivity contribution in [2.24, 2.45) is 5.73 Å². The van der Waals surface area contributed by atoms with Gasteiger partial charge in [0.2, 0.25) is 0 Å². The van der Waals surface area contributed by atoms with Crippen molar-refractivity contribution in [1.82, 2.24) is 4.98 Å². The zero-order valence-electron chi connectivity index (χ0n) is 7.28. The molecule has 5 heteroatoms. The Kier molecular flexibility index (Phi) is 3.70. The Morgan fingerprint density at radius 2 is 2.07 bits per heavy atom. The molecule has 0 unspecified atom stereocenters. The molecule has 0 radical (unpaired) electrons. The zero-order valence-corrected chi connectivity index (χ0v) is 10.4. The van der Waals surface area contributed by atoms with Crippen LogP contribution in [0.1, 0.15) is 0 Å². The van der Waals surface area contributed by atoms with Crippen LogP contribution in [0.15, 0.2) is 30.5 Å². The van der Waals surface area contributed by atoms with E-state index in [-0.39, 0.29) is 29.1 Å². The first-order valence-electron chi connectivity index (χ1n) is 3.90. The summed E-state index contributed by atoms with van der Waals surface area (Å²) in [6.07, 6.45) is 1.85. The van der Waals surface area contributed by atoms with Gasteiger partial charge in [0.1, 0.15) is 0 Å². The van der Waals surface area contributed by atoms with Gasteiger partial charge in [-0.2, -0.15) is 0 Å². The monoisotopic (exact) mass is 319 g/mol. The summed E-state index contributed by atoms with van der Waals surface area (Å²) in [5.74, 6) is 0. The third kappa shape index (κ3) is 2.16. The maximum atomic E-state index is 5.38. The van der Waals surface area contributed by atoms with Crippen LogP contribution >= 0.6 is 36.2 Å². The lowest BCUT2D eigenvalue weighted by Gasteiger charge is -1.99. The minimum absolute atomic E-state index is 0. The van der Waals surface area contributed by atoms with Crippen LogP contribution in [0.2, 0.25) is 0 Å². The molecule has 2 aromatic rings. The highest BCUT2D eigenvalue weighted by Gasteiger charge is 2.01. The van der Waals surface area contributed by atoms with Gasteiger partial charge in [-0.3, -0.25) is 0 Å². The molecule has 0 aliphatic heterocycles. The molecule has 14 heavy (non-hydrogen) atoms. The smallest absolute Gasteiger partial charge is 0.168 e. The number of fused-ring (bicyclic) bond motifs is 1. The number of aromatic amines is 1. The van der Waals surface area contributed by atoms with Crippen LogP contribution in [-0.2, 0) is 0 Å². The van der Waals surface area contributed by atoms with Gasteiger partial charge < -0.3 is 16.0 Å². The Morgan fingerprint density at radius 3 is 2.79 bits per heavy atom. The van der Waals surface area contributed by atoms with Crippen molar-refractivity contribution in [3.8, 4) is 0 Å². The molecule has 4 N–H and O–H groups in total. The Labute approximate surface area is 104 Å². The number of rotatable bonds is 1. The van der Waals surface area contributed by atoms with Crippen molar-refractivity contribution in [2.45, 2.75) is 0 Å². The van der Waals surface area contributed by atoms with Crippen LogP contribution in [0.5, 0.6) is 0 Å². The number of nitrogens with two attached hydrogens (primary N) is 1. The van der Waals surface area contributed by atoms with E-state index in [1.165, 1.54) is 0 Å². The molecular weight excluding hydrogens is 309 g/mol. The number of benzene rings is 1. The first kappa shape index (κ1) is 11.3. The minimum Gasteiger partial charge on any atom is -0.376 e. The molecule has 0 spiro atoms. The molecule has 1 aromatic heterocycles. The SMILES string of the molecule is I.NC(=S)Nc1c[nH]c2ccccc12. The van der Waals surface area contributed by atoms with Crippen LogP contribution in [0.4, 0.5) is 5.69 Å². The fraction of sp³-hybridized carbons (Fsp3) is 0. The molecule has 74 valence electrons. The highest BCUT2D eigenvalue weighted by Crippen LogP contribution is 2.21. The summed E-state index contributed by atoms with van der Waals surface area (Å²) in [5.41, 5.74) is 7.37. The van der Waals surface area contributed by atoms with Gasteiger partial charge in [0.05, 0.1) is 5.69 Å². The van der Waals surface area contributed by atoms with Crippen molar-refractivity contribution >= 4 is 57.9 Å². The molecule has 0 atom stereocenters. The van der Waals surface area contributed by atoms with Crippen molar-refractivity contribution in [3.63, 3.8) is 0 Å². The molecule has 1 aromatic carbocycles. The molecule has 0 fully saturated rings. The third-order valence-electron chi connectivity index (χ3n) is 1.85. The normalized spacial score (nSPS) is 9.43. The summed E-state index contributed by atoms with van der Waals surface area (Å²) < 4.78 is 0. The number of H-pyrrole nitrogens is 1. The summed E-state index contributed by atoms with van der Waals surface area (Å²) in [7, 11) is 0. The van der Waals surface area contributed by atoms with Gasteiger partial charge in [-0.1, -0.05) is 18.2 Å². The lowest BCUT2D eigenvalue weighted by Crippen LogP contribution is -2.18. The van der Waals surface area contributed by atoms with Gasteiger partial charge in [-0.15, -0.1) is 24.0 Å². The first-order valence-corrected chi connectivity index (χ1v) is 4.31. The molecule has 2 rings (SSSR count). The second-order valence-electron chi connectivity index (χ2n) is 2.74. The summed E-state index contributed by atoms with van der Waals surface area (Å²) in [6, 6.07) is 7.96. The Balaban J connectivity index is 0.000000980. The average Bonchev–Trinajstić information content (AvgIpc) is 2.48. The fourth-order valence-corrected chi connectivity index (χ4v) is 1.42. The molecule has 0 aliphatic rings. The highest BCUT2D eigenvalue weighted by molar-refractivity contribution is 14.0. The van der Waals surface area contributed by atoms with E-state index < -0.39 is 0 Å². The topological polar surface area (TPSA) is 53.8 Å². The summed E-state index contributed by atoms with van der Waals surface area (Å²) >= 11 is 4.76. The largest absolute Gasteiger partial charge is 0.376 e. The molecule has 0 aliphatic carbocycles. The lowest BCUT2D eigenvalue weighted by molar-refractivity contribution is 1.47. The van der Waals surface area contributed by atoms with Gasteiger partial charge in [-0.25, -0.2) is 0 Å². The maximum absolute atomic E-state index is 5.38. The summed E-state index contributed by atoms with van der Waals surface area (Å²) in [5, 5.41) is 4.28. The van der Waals surface area contributed by atoms with Crippen molar-refractivity contribution in [3.05, 3.63) is 30.5 Å². The number of thiocarbonyl (C=S) groups is 1. The van der Waals surface area contributed by atoms with E-state index in [1.54, 1.807) is 0 Å². The number of para-hydroxylation sites is 1. The number of halogens is 1. The number of hydrogen-bond acceptors (Lipinski definition) is 1. The Hall–Kier alpha value is -0.820. The van der Waals surface area contributed by atoms with Crippen molar-refractivity contribution < 1.29 is 0 Å². The predicted molar refractivity (Wildman–Crippen MR) is 74.1 cm³/mol. The van der Waals surface area contributed by atoms with Gasteiger partial charge in [0.25, 0.3) is 0 Å². The second-order valence-corrected chi connectivity index (χ2v) is 3.18. The zero-order chi connectivity index (χ0) is 9.26. The lowest BCUT2D eigenvalue weighted by atomic mass is 10.2.